The molecule has 0 fully saturated rings. The van der Waals surface area contributed by atoms with Crippen molar-refractivity contribution in [3.05, 3.63) is 35.7 Å². The Labute approximate surface area is 93.9 Å². The van der Waals surface area contributed by atoms with E-state index in [1.54, 1.807) is 0 Å². The lowest BCUT2D eigenvalue weighted by Gasteiger charge is -1.97. The van der Waals surface area contributed by atoms with E-state index >= 15 is 0 Å². The molecule has 80 valence electrons. The molecule has 0 saturated heterocycles. The van der Waals surface area contributed by atoms with Crippen molar-refractivity contribution < 1.29 is 4.52 Å². The standard InChI is InChI=1S/C10H11N3O.ClH/c1-7-4-2-3-5-8(7)10-12-9(6-11)14-13-10;/h2-5H,6,11H2,1H3;1H. The highest BCUT2D eigenvalue weighted by atomic mass is 35.5. The van der Waals surface area contributed by atoms with E-state index < -0.39 is 0 Å². The van der Waals surface area contributed by atoms with Gasteiger partial charge in [-0.2, -0.15) is 4.98 Å². The third-order valence-electron chi connectivity index (χ3n) is 2.03. The summed E-state index contributed by atoms with van der Waals surface area (Å²) in [5.41, 5.74) is 7.49. The van der Waals surface area contributed by atoms with Gasteiger partial charge in [0.15, 0.2) is 0 Å². The van der Waals surface area contributed by atoms with Crippen LogP contribution in [-0.2, 0) is 6.54 Å². The molecule has 0 amide bonds. The summed E-state index contributed by atoms with van der Waals surface area (Å²) in [7, 11) is 0. The minimum atomic E-state index is 0. The molecule has 0 aliphatic heterocycles. The van der Waals surface area contributed by atoms with Gasteiger partial charge < -0.3 is 10.3 Å². The number of hydrogen-bond donors (Lipinski definition) is 1. The van der Waals surface area contributed by atoms with Gasteiger partial charge in [-0.1, -0.05) is 29.4 Å². The number of rotatable bonds is 2. The summed E-state index contributed by atoms with van der Waals surface area (Å²) in [6, 6.07) is 7.89. The second-order valence-electron chi connectivity index (χ2n) is 3.03. The van der Waals surface area contributed by atoms with E-state index in [-0.39, 0.29) is 19.0 Å². The zero-order chi connectivity index (χ0) is 9.97. The van der Waals surface area contributed by atoms with Crippen LogP contribution in [0, 0.1) is 6.92 Å². The maximum atomic E-state index is 5.38. The van der Waals surface area contributed by atoms with Crippen LogP contribution in [0.15, 0.2) is 28.8 Å². The van der Waals surface area contributed by atoms with Crippen LogP contribution in [-0.4, -0.2) is 10.1 Å². The molecule has 0 bridgehead atoms. The Morgan fingerprint density at radius 1 is 1.33 bits per heavy atom. The van der Waals surface area contributed by atoms with E-state index in [2.05, 4.69) is 10.1 Å². The molecule has 0 aliphatic rings. The summed E-state index contributed by atoms with van der Waals surface area (Å²) in [5, 5.41) is 3.85. The number of aromatic nitrogens is 2. The lowest BCUT2D eigenvalue weighted by molar-refractivity contribution is 0.380. The molecule has 15 heavy (non-hydrogen) atoms. The molecule has 0 saturated carbocycles. The van der Waals surface area contributed by atoms with Gasteiger partial charge in [0.1, 0.15) is 0 Å². The van der Waals surface area contributed by atoms with E-state index in [0.717, 1.165) is 11.1 Å². The quantitative estimate of drug-likeness (QED) is 0.848. The van der Waals surface area contributed by atoms with Crippen LogP contribution in [0.3, 0.4) is 0 Å². The first-order valence-corrected chi connectivity index (χ1v) is 4.40. The monoisotopic (exact) mass is 225 g/mol. The summed E-state index contributed by atoms with van der Waals surface area (Å²) in [5.74, 6) is 1.06. The molecule has 2 aromatic rings. The normalized spacial score (nSPS) is 9.73. The van der Waals surface area contributed by atoms with Gasteiger partial charge in [-0.3, -0.25) is 0 Å². The van der Waals surface area contributed by atoms with Crippen LogP contribution in [0.2, 0.25) is 0 Å². The van der Waals surface area contributed by atoms with Gasteiger partial charge in [-0.05, 0) is 12.5 Å². The number of benzene rings is 1. The lowest BCUT2D eigenvalue weighted by atomic mass is 10.1. The third-order valence-corrected chi connectivity index (χ3v) is 2.03. The first-order chi connectivity index (χ1) is 6.81. The molecule has 2 N–H and O–H groups in total. The van der Waals surface area contributed by atoms with Gasteiger partial charge in [0.2, 0.25) is 11.7 Å². The second kappa shape index (κ2) is 4.91. The zero-order valence-electron chi connectivity index (χ0n) is 8.30. The van der Waals surface area contributed by atoms with Crippen molar-refractivity contribution in [2.75, 3.05) is 0 Å². The van der Waals surface area contributed by atoms with Crippen LogP contribution in [0.5, 0.6) is 0 Å². The van der Waals surface area contributed by atoms with E-state index in [1.807, 2.05) is 31.2 Å². The van der Waals surface area contributed by atoms with Gasteiger partial charge in [0, 0.05) is 5.56 Å². The van der Waals surface area contributed by atoms with Crippen molar-refractivity contribution >= 4 is 12.4 Å². The molecular formula is C10H12ClN3O. The summed E-state index contributed by atoms with van der Waals surface area (Å²) in [4.78, 5) is 4.16. The number of aryl methyl sites for hydroxylation is 1. The van der Waals surface area contributed by atoms with Crippen molar-refractivity contribution in [3.8, 4) is 11.4 Å². The highest BCUT2D eigenvalue weighted by molar-refractivity contribution is 5.85. The van der Waals surface area contributed by atoms with Crippen LogP contribution in [0.25, 0.3) is 11.4 Å². The largest absolute Gasteiger partial charge is 0.338 e. The van der Waals surface area contributed by atoms with Crippen LogP contribution in [0.4, 0.5) is 0 Å². The number of hydrogen-bond acceptors (Lipinski definition) is 4. The predicted molar refractivity (Wildman–Crippen MR) is 59.6 cm³/mol. The van der Waals surface area contributed by atoms with Crippen LogP contribution >= 0.6 is 12.4 Å². The smallest absolute Gasteiger partial charge is 0.240 e. The van der Waals surface area contributed by atoms with E-state index in [1.165, 1.54) is 0 Å². The Balaban J connectivity index is 0.00000112. The summed E-state index contributed by atoms with van der Waals surface area (Å²) < 4.78 is 4.94. The zero-order valence-corrected chi connectivity index (χ0v) is 9.12. The van der Waals surface area contributed by atoms with Gasteiger partial charge in [0.05, 0.1) is 6.54 Å². The lowest BCUT2D eigenvalue weighted by Crippen LogP contribution is -1.95. The Kier molecular flexibility index (Phi) is 3.82. The van der Waals surface area contributed by atoms with Crippen LogP contribution < -0.4 is 5.73 Å². The number of nitrogens with zero attached hydrogens (tertiary/aromatic N) is 2. The Morgan fingerprint density at radius 3 is 2.67 bits per heavy atom. The van der Waals surface area contributed by atoms with E-state index in [4.69, 9.17) is 10.3 Å². The highest BCUT2D eigenvalue weighted by Gasteiger charge is 2.08. The maximum Gasteiger partial charge on any atom is 0.240 e. The Bertz CT molecular complexity index is 442. The van der Waals surface area contributed by atoms with Crippen molar-refractivity contribution in [2.24, 2.45) is 5.73 Å². The van der Waals surface area contributed by atoms with Gasteiger partial charge in [-0.25, -0.2) is 0 Å². The molecule has 1 heterocycles. The molecule has 4 nitrogen and oxygen atoms in total. The maximum absolute atomic E-state index is 5.38. The summed E-state index contributed by atoms with van der Waals surface area (Å²) in [6.45, 7) is 2.28. The molecule has 1 aromatic carbocycles. The van der Waals surface area contributed by atoms with Gasteiger partial charge >= 0.3 is 0 Å². The van der Waals surface area contributed by atoms with Crippen LogP contribution in [0.1, 0.15) is 11.5 Å². The fourth-order valence-electron chi connectivity index (χ4n) is 1.27. The first kappa shape index (κ1) is 11.7. The van der Waals surface area contributed by atoms with Gasteiger partial charge in [0.25, 0.3) is 0 Å². The van der Waals surface area contributed by atoms with Crippen molar-refractivity contribution in [1.29, 1.82) is 0 Å². The molecule has 0 atom stereocenters. The third kappa shape index (κ3) is 2.34. The van der Waals surface area contributed by atoms with E-state index in [0.29, 0.717) is 11.7 Å². The molecule has 0 radical (unpaired) electrons. The van der Waals surface area contributed by atoms with Gasteiger partial charge in [-0.15, -0.1) is 12.4 Å². The molecule has 1 aromatic heterocycles. The molecule has 2 rings (SSSR count). The molecule has 5 heteroatoms. The summed E-state index contributed by atoms with van der Waals surface area (Å²) in [6.07, 6.45) is 0. The summed E-state index contributed by atoms with van der Waals surface area (Å²) >= 11 is 0. The van der Waals surface area contributed by atoms with Crippen molar-refractivity contribution in [3.63, 3.8) is 0 Å². The average molecular weight is 226 g/mol. The molecule has 0 spiro atoms. The average Bonchev–Trinajstić information content (AvgIpc) is 2.67. The second-order valence-corrected chi connectivity index (χ2v) is 3.03. The SMILES string of the molecule is Cc1ccccc1-c1noc(CN)n1.Cl. The Hall–Kier alpha value is -1.39. The fourth-order valence-corrected chi connectivity index (χ4v) is 1.27. The van der Waals surface area contributed by atoms with Crippen molar-refractivity contribution in [1.82, 2.24) is 10.1 Å². The topological polar surface area (TPSA) is 64.9 Å². The molecule has 0 aliphatic carbocycles. The van der Waals surface area contributed by atoms with Crippen molar-refractivity contribution in [2.45, 2.75) is 13.5 Å². The minimum Gasteiger partial charge on any atom is -0.338 e. The predicted octanol–water partition coefficient (Wildman–Crippen LogP) is 1.93. The number of nitrogens with two attached hydrogens (primary N) is 1. The first-order valence-electron chi connectivity index (χ1n) is 4.40. The molecule has 0 unspecified atom stereocenters. The minimum absolute atomic E-state index is 0. The Morgan fingerprint density at radius 2 is 2.07 bits per heavy atom. The fraction of sp³-hybridized carbons (Fsp3) is 0.200. The molecular weight excluding hydrogens is 214 g/mol. The highest BCUT2D eigenvalue weighted by Crippen LogP contribution is 2.19. The van der Waals surface area contributed by atoms with E-state index in [9.17, 15) is 0 Å². The number of halogens is 1.